The average Bonchev–Trinajstić information content (AvgIpc) is 2.94. The molecule has 0 atom stereocenters. The summed E-state index contributed by atoms with van der Waals surface area (Å²) >= 11 is 0. The molecular weight excluding hydrogens is 236 g/mol. The molecule has 0 saturated carbocycles. The molecule has 19 heavy (non-hydrogen) atoms. The summed E-state index contributed by atoms with van der Waals surface area (Å²) < 4.78 is 1.93. The first kappa shape index (κ1) is 12.2. The fraction of sp³-hybridized carbons (Fsp3) is 0.467. The predicted octanol–water partition coefficient (Wildman–Crippen LogP) is 2.53. The van der Waals surface area contributed by atoms with Crippen LogP contribution in [-0.4, -0.2) is 14.8 Å². The van der Waals surface area contributed by atoms with Crippen molar-refractivity contribution in [2.45, 2.75) is 39.7 Å². The first-order valence-electron chi connectivity index (χ1n) is 6.87. The maximum absolute atomic E-state index is 4.70. The summed E-state index contributed by atoms with van der Waals surface area (Å²) in [6.07, 6.45) is 3.55. The van der Waals surface area contributed by atoms with Crippen molar-refractivity contribution in [3.05, 3.63) is 40.3 Å². The number of nitrogens with one attached hydrogen (secondary N) is 1. The summed E-state index contributed by atoms with van der Waals surface area (Å²) in [5.41, 5.74) is 6.26. The fourth-order valence-corrected chi connectivity index (χ4v) is 2.77. The van der Waals surface area contributed by atoms with Crippen LogP contribution in [0.25, 0.3) is 0 Å². The van der Waals surface area contributed by atoms with Crippen molar-refractivity contribution in [1.29, 1.82) is 0 Å². The van der Waals surface area contributed by atoms with Gasteiger partial charge in [0.1, 0.15) is 5.82 Å². The molecule has 0 saturated heterocycles. The molecule has 0 fully saturated rings. The van der Waals surface area contributed by atoms with E-state index in [4.69, 9.17) is 4.98 Å². The molecule has 1 N–H and O–H groups in total. The Hall–Kier alpha value is -1.84. The van der Waals surface area contributed by atoms with E-state index in [0.717, 1.165) is 24.5 Å². The highest BCUT2D eigenvalue weighted by Gasteiger charge is 2.13. The third-order valence-corrected chi connectivity index (χ3v) is 4.03. The molecule has 2 aromatic heterocycles. The van der Waals surface area contributed by atoms with E-state index in [1.807, 2.05) is 11.7 Å². The number of anilines is 1. The van der Waals surface area contributed by atoms with Gasteiger partial charge in [0.2, 0.25) is 0 Å². The molecule has 0 bridgehead atoms. The first-order valence-corrected chi connectivity index (χ1v) is 6.87. The van der Waals surface area contributed by atoms with Gasteiger partial charge < -0.3 is 5.32 Å². The van der Waals surface area contributed by atoms with E-state index in [2.05, 4.69) is 36.4 Å². The molecule has 0 amide bonds. The van der Waals surface area contributed by atoms with Gasteiger partial charge in [0.15, 0.2) is 0 Å². The third-order valence-electron chi connectivity index (χ3n) is 4.03. The average molecular weight is 256 g/mol. The molecule has 0 aliphatic heterocycles. The Morgan fingerprint density at radius 1 is 1.26 bits per heavy atom. The minimum Gasteiger partial charge on any atom is -0.366 e. The minimum atomic E-state index is 0.789. The van der Waals surface area contributed by atoms with E-state index in [-0.39, 0.29) is 0 Å². The lowest BCUT2D eigenvalue weighted by Crippen LogP contribution is -2.05. The first-order chi connectivity index (χ1) is 9.15. The number of nitrogens with zero attached hydrogens (tertiary/aromatic N) is 3. The zero-order valence-electron chi connectivity index (χ0n) is 11.8. The summed E-state index contributed by atoms with van der Waals surface area (Å²) in [6.45, 7) is 4.95. The van der Waals surface area contributed by atoms with Gasteiger partial charge in [0.05, 0.1) is 5.69 Å². The number of aryl methyl sites for hydroxylation is 4. The topological polar surface area (TPSA) is 42.7 Å². The van der Waals surface area contributed by atoms with E-state index in [1.165, 1.54) is 35.4 Å². The number of fused-ring (bicyclic) bond motifs is 1. The van der Waals surface area contributed by atoms with Crippen LogP contribution in [0.1, 0.15) is 34.6 Å². The lowest BCUT2D eigenvalue weighted by Gasteiger charge is -2.08. The van der Waals surface area contributed by atoms with Gasteiger partial charge in [-0.05, 0) is 44.7 Å². The molecule has 1 aliphatic rings. The molecule has 0 unspecified atom stereocenters. The summed E-state index contributed by atoms with van der Waals surface area (Å²) in [5.74, 6) is 0.975. The highest BCUT2D eigenvalue weighted by Crippen LogP contribution is 2.22. The van der Waals surface area contributed by atoms with Gasteiger partial charge in [-0.3, -0.25) is 4.68 Å². The standard InChI is InChI=1S/C15H20N4/c1-10-13(11(2)19(3)18-10)9-16-15-8-7-12-5-4-6-14(12)17-15/h7-8H,4-6,9H2,1-3H3,(H,16,17). The molecular formula is C15H20N4. The van der Waals surface area contributed by atoms with Crippen molar-refractivity contribution in [3.63, 3.8) is 0 Å². The lowest BCUT2D eigenvalue weighted by atomic mass is 10.2. The number of rotatable bonds is 3. The van der Waals surface area contributed by atoms with Crippen LogP contribution >= 0.6 is 0 Å². The van der Waals surface area contributed by atoms with Gasteiger partial charge in [0, 0.05) is 30.5 Å². The van der Waals surface area contributed by atoms with Crippen molar-refractivity contribution in [1.82, 2.24) is 14.8 Å². The molecule has 4 heteroatoms. The summed E-state index contributed by atoms with van der Waals surface area (Å²) in [5, 5.41) is 7.86. The molecule has 0 spiro atoms. The molecule has 2 heterocycles. The number of aromatic nitrogens is 3. The largest absolute Gasteiger partial charge is 0.366 e. The van der Waals surface area contributed by atoms with Crippen LogP contribution < -0.4 is 5.32 Å². The second-order valence-electron chi connectivity index (χ2n) is 5.28. The number of pyridine rings is 1. The minimum absolute atomic E-state index is 0.789. The zero-order valence-corrected chi connectivity index (χ0v) is 11.8. The van der Waals surface area contributed by atoms with Crippen LogP contribution in [-0.2, 0) is 26.4 Å². The normalized spacial score (nSPS) is 13.6. The predicted molar refractivity (Wildman–Crippen MR) is 76.3 cm³/mol. The second kappa shape index (κ2) is 4.68. The Labute approximate surface area is 113 Å². The molecule has 1 aliphatic carbocycles. The molecule has 2 aromatic rings. The number of hydrogen-bond donors (Lipinski definition) is 1. The van der Waals surface area contributed by atoms with Crippen LogP contribution in [0, 0.1) is 13.8 Å². The molecule has 0 aromatic carbocycles. The van der Waals surface area contributed by atoms with Crippen LogP contribution in [0.2, 0.25) is 0 Å². The van der Waals surface area contributed by atoms with Crippen LogP contribution in [0.15, 0.2) is 12.1 Å². The zero-order chi connectivity index (χ0) is 13.4. The Kier molecular flexibility index (Phi) is 3.01. The van der Waals surface area contributed by atoms with E-state index in [9.17, 15) is 0 Å². The maximum atomic E-state index is 4.70. The molecule has 3 rings (SSSR count). The van der Waals surface area contributed by atoms with Gasteiger partial charge >= 0.3 is 0 Å². The van der Waals surface area contributed by atoms with Crippen LogP contribution in [0.4, 0.5) is 5.82 Å². The van der Waals surface area contributed by atoms with E-state index in [0.29, 0.717) is 0 Å². The van der Waals surface area contributed by atoms with Gasteiger partial charge in [-0.15, -0.1) is 0 Å². The van der Waals surface area contributed by atoms with Crippen LogP contribution in [0.3, 0.4) is 0 Å². The van der Waals surface area contributed by atoms with Gasteiger partial charge in [-0.2, -0.15) is 5.10 Å². The smallest absolute Gasteiger partial charge is 0.126 e. The third kappa shape index (κ3) is 2.23. The van der Waals surface area contributed by atoms with Gasteiger partial charge in [0.25, 0.3) is 0 Å². The van der Waals surface area contributed by atoms with E-state index < -0.39 is 0 Å². The summed E-state index contributed by atoms with van der Waals surface area (Å²) in [4.78, 5) is 4.70. The highest BCUT2D eigenvalue weighted by atomic mass is 15.3. The quantitative estimate of drug-likeness (QED) is 0.917. The number of hydrogen-bond acceptors (Lipinski definition) is 3. The fourth-order valence-electron chi connectivity index (χ4n) is 2.77. The Morgan fingerprint density at radius 2 is 2.11 bits per heavy atom. The summed E-state index contributed by atoms with van der Waals surface area (Å²) in [6, 6.07) is 4.30. The SMILES string of the molecule is Cc1nn(C)c(C)c1CNc1ccc2c(n1)CCC2. The molecule has 100 valence electrons. The van der Waals surface area contributed by atoms with Crippen molar-refractivity contribution < 1.29 is 0 Å². The maximum Gasteiger partial charge on any atom is 0.126 e. The van der Waals surface area contributed by atoms with Crippen molar-refractivity contribution in [2.75, 3.05) is 5.32 Å². The molecule has 0 radical (unpaired) electrons. The van der Waals surface area contributed by atoms with E-state index >= 15 is 0 Å². The van der Waals surface area contributed by atoms with Crippen molar-refractivity contribution in [2.24, 2.45) is 7.05 Å². The Bertz CT molecular complexity index is 613. The van der Waals surface area contributed by atoms with Crippen molar-refractivity contribution >= 4 is 5.82 Å². The summed E-state index contributed by atoms with van der Waals surface area (Å²) in [7, 11) is 1.99. The van der Waals surface area contributed by atoms with E-state index in [1.54, 1.807) is 0 Å². The van der Waals surface area contributed by atoms with Gasteiger partial charge in [-0.1, -0.05) is 6.07 Å². The highest BCUT2D eigenvalue weighted by molar-refractivity contribution is 5.41. The second-order valence-corrected chi connectivity index (χ2v) is 5.28. The Morgan fingerprint density at radius 3 is 2.84 bits per heavy atom. The van der Waals surface area contributed by atoms with Gasteiger partial charge in [-0.25, -0.2) is 4.98 Å². The molecule has 4 nitrogen and oxygen atoms in total. The monoisotopic (exact) mass is 256 g/mol. The Balaban J connectivity index is 1.76. The lowest BCUT2D eigenvalue weighted by molar-refractivity contribution is 0.730. The van der Waals surface area contributed by atoms with Crippen LogP contribution in [0.5, 0.6) is 0 Å². The van der Waals surface area contributed by atoms with Crippen molar-refractivity contribution in [3.8, 4) is 0 Å².